The highest BCUT2D eigenvalue weighted by Crippen LogP contribution is 2.39. The summed E-state index contributed by atoms with van der Waals surface area (Å²) in [4.78, 5) is 23.6. The fourth-order valence-corrected chi connectivity index (χ4v) is 2.28. The van der Waals surface area contributed by atoms with E-state index in [1.54, 1.807) is 12.1 Å². The summed E-state index contributed by atoms with van der Waals surface area (Å²) >= 11 is 6.11. The lowest BCUT2D eigenvalue weighted by molar-refractivity contribution is 0.0600. The maximum Gasteiger partial charge on any atom is 0.337 e. The summed E-state index contributed by atoms with van der Waals surface area (Å²) in [5.41, 5.74) is 1.16. The van der Waals surface area contributed by atoms with Gasteiger partial charge in [0.25, 0.3) is 5.91 Å². The van der Waals surface area contributed by atoms with E-state index < -0.39 is 5.97 Å². The molecule has 0 aliphatic carbocycles. The number of hydrogen-bond donors (Lipinski definition) is 1. The number of benzene rings is 2. The van der Waals surface area contributed by atoms with Crippen molar-refractivity contribution in [3.63, 3.8) is 0 Å². The van der Waals surface area contributed by atoms with Crippen LogP contribution >= 0.6 is 11.6 Å². The predicted molar refractivity (Wildman–Crippen MR) is 83.3 cm³/mol. The van der Waals surface area contributed by atoms with Crippen LogP contribution in [0, 0.1) is 0 Å². The Hall–Kier alpha value is -2.73. The van der Waals surface area contributed by atoms with Gasteiger partial charge in [-0.25, -0.2) is 4.79 Å². The third-order valence-corrected chi connectivity index (χ3v) is 3.59. The van der Waals surface area contributed by atoms with Crippen molar-refractivity contribution in [2.75, 3.05) is 19.2 Å². The van der Waals surface area contributed by atoms with E-state index in [0.29, 0.717) is 33.3 Å². The third-order valence-electron chi connectivity index (χ3n) is 3.28. The normalized spacial score (nSPS) is 11.9. The highest BCUT2D eigenvalue weighted by Gasteiger charge is 2.18. The topological polar surface area (TPSA) is 73.9 Å². The van der Waals surface area contributed by atoms with E-state index >= 15 is 0 Å². The number of esters is 1. The predicted octanol–water partition coefficient (Wildman–Crippen LogP) is 3.11. The van der Waals surface area contributed by atoms with Crippen molar-refractivity contribution in [2.24, 2.45) is 0 Å². The van der Waals surface area contributed by atoms with Gasteiger partial charge in [-0.2, -0.15) is 0 Å². The number of rotatable bonds is 3. The van der Waals surface area contributed by atoms with Crippen molar-refractivity contribution >= 4 is 29.2 Å². The minimum atomic E-state index is -0.462. The summed E-state index contributed by atoms with van der Waals surface area (Å²) in [5.74, 6) is 0.235. The van der Waals surface area contributed by atoms with Crippen LogP contribution in [0.4, 0.5) is 5.69 Å². The number of carbonyl (C=O) groups excluding carboxylic acids is 2. The summed E-state index contributed by atoms with van der Waals surface area (Å²) in [6.07, 6.45) is 0. The summed E-state index contributed by atoms with van der Waals surface area (Å²) in [5, 5.41) is 3.04. The number of carbonyl (C=O) groups is 2. The number of hydrogen-bond acceptors (Lipinski definition) is 5. The van der Waals surface area contributed by atoms with E-state index in [0.717, 1.165) is 0 Å². The smallest absolute Gasteiger partial charge is 0.337 e. The monoisotopic (exact) mass is 333 g/mol. The van der Waals surface area contributed by atoms with Crippen LogP contribution in [0.25, 0.3) is 0 Å². The van der Waals surface area contributed by atoms with Crippen LogP contribution in [0.15, 0.2) is 36.4 Å². The van der Waals surface area contributed by atoms with Crippen LogP contribution in [0.1, 0.15) is 20.7 Å². The molecule has 1 amide bonds. The largest absolute Gasteiger partial charge is 0.465 e. The van der Waals surface area contributed by atoms with Gasteiger partial charge in [0.2, 0.25) is 6.79 Å². The molecule has 0 spiro atoms. The number of nitrogens with one attached hydrogen (secondary N) is 1. The molecule has 1 heterocycles. The van der Waals surface area contributed by atoms with Gasteiger partial charge in [-0.1, -0.05) is 11.6 Å². The molecule has 0 bridgehead atoms. The van der Waals surface area contributed by atoms with Crippen LogP contribution in [-0.2, 0) is 4.74 Å². The van der Waals surface area contributed by atoms with Crippen LogP contribution in [0.3, 0.4) is 0 Å². The Morgan fingerprint density at radius 2 is 1.70 bits per heavy atom. The summed E-state index contributed by atoms with van der Waals surface area (Å²) in [6, 6.07) is 9.28. The van der Waals surface area contributed by atoms with E-state index in [1.807, 2.05) is 0 Å². The fraction of sp³-hybridized carbons (Fsp3) is 0.125. The zero-order valence-corrected chi connectivity index (χ0v) is 12.8. The second-order valence-electron chi connectivity index (χ2n) is 4.71. The summed E-state index contributed by atoms with van der Waals surface area (Å²) in [7, 11) is 1.30. The number of anilines is 1. The Morgan fingerprint density at radius 3 is 2.35 bits per heavy atom. The molecule has 0 radical (unpaired) electrons. The number of fused-ring (bicyclic) bond motifs is 1. The average Bonchev–Trinajstić information content (AvgIpc) is 3.01. The van der Waals surface area contributed by atoms with Gasteiger partial charge >= 0.3 is 5.97 Å². The lowest BCUT2D eigenvalue weighted by atomic mass is 10.1. The van der Waals surface area contributed by atoms with Crippen LogP contribution in [0.5, 0.6) is 11.5 Å². The van der Waals surface area contributed by atoms with Crippen LogP contribution < -0.4 is 14.8 Å². The molecule has 1 aliphatic heterocycles. The van der Waals surface area contributed by atoms with Gasteiger partial charge in [0.1, 0.15) is 0 Å². The molecule has 1 N–H and O–H groups in total. The van der Waals surface area contributed by atoms with E-state index in [2.05, 4.69) is 10.1 Å². The van der Waals surface area contributed by atoms with E-state index in [4.69, 9.17) is 21.1 Å². The first-order valence-corrected chi connectivity index (χ1v) is 7.05. The number of ether oxygens (including phenoxy) is 3. The maximum absolute atomic E-state index is 12.3. The molecule has 0 atom stereocenters. The van der Waals surface area contributed by atoms with Crippen molar-refractivity contribution in [3.8, 4) is 11.5 Å². The molecular formula is C16H12ClNO5. The van der Waals surface area contributed by atoms with Crippen molar-refractivity contribution in [1.82, 2.24) is 0 Å². The van der Waals surface area contributed by atoms with Crippen molar-refractivity contribution < 1.29 is 23.8 Å². The van der Waals surface area contributed by atoms with E-state index in [1.165, 1.54) is 31.4 Å². The molecule has 0 aromatic heterocycles. The van der Waals surface area contributed by atoms with Crippen molar-refractivity contribution in [2.45, 2.75) is 0 Å². The van der Waals surface area contributed by atoms with E-state index in [-0.39, 0.29) is 12.7 Å². The zero-order valence-electron chi connectivity index (χ0n) is 12.1. The molecule has 1 aliphatic rings. The fourth-order valence-electron chi connectivity index (χ4n) is 2.08. The maximum atomic E-state index is 12.3. The zero-order chi connectivity index (χ0) is 16.4. The van der Waals surface area contributed by atoms with Gasteiger partial charge in [-0.3, -0.25) is 4.79 Å². The molecule has 7 heteroatoms. The molecule has 0 unspecified atom stereocenters. The second-order valence-corrected chi connectivity index (χ2v) is 5.12. The molecule has 0 saturated carbocycles. The minimum Gasteiger partial charge on any atom is -0.465 e. The van der Waals surface area contributed by atoms with Gasteiger partial charge in [0, 0.05) is 17.7 Å². The number of halogens is 1. The molecule has 2 aromatic rings. The molecule has 118 valence electrons. The highest BCUT2D eigenvalue weighted by molar-refractivity contribution is 6.34. The van der Waals surface area contributed by atoms with Gasteiger partial charge in [-0.05, 0) is 24.3 Å². The Labute approximate surface area is 136 Å². The Kier molecular flexibility index (Phi) is 4.08. The average molecular weight is 334 g/mol. The van der Waals surface area contributed by atoms with Crippen LogP contribution in [0.2, 0.25) is 5.02 Å². The van der Waals surface area contributed by atoms with Crippen molar-refractivity contribution in [1.29, 1.82) is 0 Å². The number of amides is 1. The highest BCUT2D eigenvalue weighted by atomic mass is 35.5. The summed E-state index contributed by atoms with van der Waals surface area (Å²) in [6.45, 7) is 0.123. The molecule has 2 aromatic carbocycles. The Morgan fingerprint density at radius 1 is 1.09 bits per heavy atom. The first-order chi connectivity index (χ1) is 11.1. The summed E-state index contributed by atoms with van der Waals surface area (Å²) < 4.78 is 15.1. The van der Waals surface area contributed by atoms with E-state index in [9.17, 15) is 9.59 Å². The number of methoxy groups -OCH3 is 1. The second kappa shape index (κ2) is 6.18. The van der Waals surface area contributed by atoms with Crippen molar-refractivity contribution in [3.05, 3.63) is 52.5 Å². The van der Waals surface area contributed by atoms with Gasteiger partial charge in [0.15, 0.2) is 11.5 Å². The Bertz CT molecular complexity index is 773. The molecule has 0 saturated heterocycles. The quantitative estimate of drug-likeness (QED) is 0.874. The molecule has 23 heavy (non-hydrogen) atoms. The molecule has 3 rings (SSSR count). The minimum absolute atomic E-state index is 0.123. The van der Waals surface area contributed by atoms with Gasteiger partial charge in [0.05, 0.1) is 23.4 Å². The first kappa shape index (κ1) is 15.2. The molecule has 6 nitrogen and oxygen atoms in total. The van der Waals surface area contributed by atoms with Crippen LogP contribution in [-0.4, -0.2) is 25.8 Å². The van der Waals surface area contributed by atoms with Gasteiger partial charge < -0.3 is 19.5 Å². The Balaban J connectivity index is 1.78. The SMILES string of the molecule is COC(=O)c1ccc(C(=O)Nc2cc3c(cc2Cl)OCO3)cc1. The van der Waals surface area contributed by atoms with Gasteiger partial charge in [-0.15, -0.1) is 0 Å². The standard InChI is InChI=1S/C16H12ClNO5/c1-21-16(20)10-4-2-9(3-5-10)15(19)18-12-7-14-13(6-11(12)17)22-8-23-14/h2-7H,8H2,1H3,(H,18,19). The molecule has 0 fully saturated rings. The third kappa shape index (κ3) is 3.07. The lowest BCUT2D eigenvalue weighted by Crippen LogP contribution is -2.12. The first-order valence-electron chi connectivity index (χ1n) is 6.67. The molecular weight excluding hydrogens is 322 g/mol. The lowest BCUT2D eigenvalue weighted by Gasteiger charge is -2.09.